The Labute approximate surface area is 164 Å². The third kappa shape index (κ3) is 5.54. The average molecular weight is 407 g/mol. The summed E-state index contributed by atoms with van der Waals surface area (Å²) < 4.78 is 23.0. The van der Waals surface area contributed by atoms with Gasteiger partial charge in [0, 0.05) is 12.2 Å². The van der Waals surface area contributed by atoms with Gasteiger partial charge in [0.2, 0.25) is 10.0 Å². The third-order valence-corrected chi connectivity index (χ3v) is 5.66. The van der Waals surface area contributed by atoms with Crippen molar-refractivity contribution in [3.8, 4) is 0 Å². The Balaban J connectivity index is 1.38. The fraction of sp³-hybridized carbons (Fsp3) is 0.263. The van der Waals surface area contributed by atoms with Gasteiger partial charge in [0.15, 0.2) is 0 Å². The zero-order valence-electron chi connectivity index (χ0n) is 14.8. The molecule has 144 valence electrons. The Hall–Kier alpha value is -1.90. The predicted octanol–water partition coefficient (Wildman–Crippen LogP) is 2.52. The van der Waals surface area contributed by atoms with Crippen LogP contribution in [-0.2, 0) is 16.6 Å². The van der Waals surface area contributed by atoms with E-state index in [2.05, 4.69) is 40.2 Å². The Morgan fingerprint density at radius 3 is 2.78 bits per heavy atom. The van der Waals surface area contributed by atoms with Gasteiger partial charge in [-0.3, -0.25) is 5.32 Å². The summed E-state index contributed by atoms with van der Waals surface area (Å²) in [5.41, 5.74) is 3.15. The van der Waals surface area contributed by atoms with Gasteiger partial charge in [-0.05, 0) is 54.9 Å². The van der Waals surface area contributed by atoms with Crippen LogP contribution in [0.4, 0.5) is 5.69 Å². The number of nitrogens with one attached hydrogen (secondary N) is 3. The molecule has 1 heterocycles. The van der Waals surface area contributed by atoms with Gasteiger partial charge in [0.05, 0.1) is 11.2 Å². The number of para-hydroxylation sites is 1. The van der Waals surface area contributed by atoms with Gasteiger partial charge < -0.3 is 10.6 Å². The number of hydrogen-bond donors (Lipinski definition) is 4. The molecular formula is C19H23ClN4O2S. The van der Waals surface area contributed by atoms with Gasteiger partial charge in [-0.1, -0.05) is 41.9 Å². The minimum atomic E-state index is -3.81. The summed E-state index contributed by atoms with van der Waals surface area (Å²) in [4.78, 5) is -0.0411. The molecule has 0 fully saturated rings. The molecule has 6 nitrogen and oxygen atoms in total. The Kier molecular flexibility index (Phi) is 6.51. The molecule has 0 spiro atoms. The molecule has 0 bridgehead atoms. The van der Waals surface area contributed by atoms with Crippen molar-refractivity contribution in [3.05, 3.63) is 64.7 Å². The van der Waals surface area contributed by atoms with Crippen molar-refractivity contribution in [1.82, 2.24) is 10.6 Å². The predicted molar refractivity (Wildman–Crippen MR) is 110 cm³/mol. The van der Waals surface area contributed by atoms with Crippen LogP contribution >= 0.6 is 11.6 Å². The largest absolute Gasteiger partial charge is 0.366 e. The lowest BCUT2D eigenvalue weighted by Gasteiger charge is -2.23. The molecule has 0 saturated heterocycles. The van der Waals surface area contributed by atoms with Crippen LogP contribution in [0, 0.1) is 0 Å². The van der Waals surface area contributed by atoms with E-state index in [-0.39, 0.29) is 16.1 Å². The first-order chi connectivity index (χ1) is 12.9. The summed E-state index contributed by atoms with van der Waals surface area (Å²) in [6.07, 6.45) is 5.28. The monoisotopic (exact) mass is 406 g/mol. The second-order valence-electron chi connectivity index (χ2n) is 6.36. The standard InChI is InChI=1S/C19H23ClN4O2S/c20-16-8-6-14(12-18(16)27(21,25)26)13-22-10-3-11-23-19-9-7-15-4-1-2-5-17(15)24-19/h1-2,4-9,12,19,22-24H,3,10-11,13H2,(H2,21,25,26). The SMILES string of the molecule is NS(=O)(=O)c1cc(CNCCCNC2C=Cc3ccccc3N2)ccc1Cl. The molecule has 1 atom stereocenters. The minimum Gasteiger partial charge on any atom is -0.366 e. The lowest BCUT2D eigenvalue weighted by atomic mass is 10.1. The van der Waals surface area contributed by atoms with Crippen molar-refractivity contribution in [2.24, 2.45) is 5.14 Å². The molecular weight excluding hydrogens is 384 g/mol. The molecule has 1 aliphatic heterocycles. The van der Waals surface area contributed by atoms with E-state index < -0.39 is 10.0 Å². The fourth-order valence-electron chi connectivity index (χ4n) is 2.89. The molecule has 3 rings (SSSR count). The lowest BCUT2D eigenvalue weighted by molar-refractivity contribution is 0.575. The van der Waals surface area contributed by atoms with E-state index >= 15 is 0 Å². The van der Waals surface area contributed by atoms with Crippen LogP contribution in [0.15, 0.2) is 53.4 Å². The normalized spacial score (nSPS) is 16.0. The summed E-state index contributed by atoms with van der Waals surface area (Å²) in [6.45, 7) is 2.20. The van der Waals surface area contributed by atoms with E-state index in [4.69, 9.17) is 16.7 Å². The van der Waals surface area contributed by atoms with Crippen LogP contribution in [0.5, 0.6) is 0 Å². The minimum absolute atomic E-state index is 0.0411. The van der Waals surface area contributed by atoms with Crippen LogP contribution in [0.1, 0.15) is 17.5 Å². The smallest absolute Gasteiger partial charge is 0.239 e. The zero-order valence-corrected chi connectivity index (χ0v) is 16.4. The van der Waals surface area contributed by atoms with E-state index in [1.54, 1.807) is 12.1 Å². The summed E-state index contributed by atoms with van der Waals surface area (Å²) in [7, 11) is -3.81. The third-order valence-electron chi connectivity index (χ3n) is 4.27. The zero-order chi connectivity index (χ0) is 19.3. The highest BCUT2D eigenvalue weighted by Crippen LogP contribution is 2.22. The van der Waals surface area contributed by atoms with Gasteiger partial charge in [0.25, 0.3) is 0 Å². The number of benzene rings is 2. The van der Waals surface area contributed by atoms with E-state index in [1.807, 2.05) is 12.1 Å². The van der Waals surface area contributed by atoms with Crippen molar-refractivity contribution in [2.75, 3.05) is 18.4 Å². The maximum Gasteiger partial charge on any atom is 0.239 e. The molecule has 27 heavy (non-hydrogen) atoms. The molecule has 2 aromatic rings. The fourth-order valence-corrected chi connectivity index (χ4v) is 3.98. The molecule has 0 aliphatic carbocycles. The van der Waals surface area contributed by atoms with Crippen LogP contribution < -0.4 is 21.1 Å². The maximum atomic E-state index is 11.5. The van der Waals surface area contributed by atoms with Gasteiger partial charge in [0.1, 0.15) is 4.90 Å². The van der Waals surface area contributed by atoms with Crippen LogP contribution in [-0.4, -0.2) is 27.7 Å². The van der Waals surface area contributed by atoms with Crippen molar-refractivity contribution in [3.63, 3.8) is 0 Å². The Morgan fingerprint density at radius 1 is 1.15 bits per heavy atom. The number of halogens is 1. The van der Waals surface area contributed by atoms with E-state index in [0.29, 0.717) is 6.54 Å². The summed E-state index contributed by atoms with van der Waals surface area (Å²) in [5, 5.41) is 15.5. The highest BCUT2D eigenvalue weighted by Gasteiger charge is 2.13. The summed E-state index contributed by atoms with van der Waals surface area (Å²) >= 11 is 5.89. The molecule has 5 N–H and O–H groups in total. The number of anilines is 1. The average Bonchev–Trinajstić information content (AvgIpc) is 2.64. The maximum absolute atomic E-state index is 11.5. The summed E-state index contributed by atoms with van der Waals surface area (Å²) in [6, 6.07) is 13.0. The molecule has 1 aliphatic rings. The van der Waals surface area contributed by atoms with E-state index in [9.17, 15) is 8.42 Å². The molecule has 0 radical (unpaired) electrons. The number of primary sulfonamides is 1. The second-order valence-corrected chi connectivity index (χ2v) is 8.30. The van der Waals surface area contributed by atoms with Gasteiger partial charge in [-0.2, -0.15) is 0 Å². The first kappa shape index (κ1) is 19.9. The number of hydrogen-bond acceptors (Lipinski definition) is 5. The van der Waals surface area contributed by atoms with Crippen LogP contribution in [0.2, 0.25) is 5.02 Å². The second kappa shape index (κ2) is 8.86. The lowest BCUT2D eigenvalue weighted by Crippen LogP contribution is -2.37. The number of nitrogens with two attached hydrogens (primary N) is 1. The number of rotatable bonds is 8. The van der Waals surface area contributed by atoms with Crippen LogP contribution in [0.25, 0.3) is 6.08 Å². The van der Waals surface area contributed by atoms with Crippen LogP contribution in [0.3, 0.4) is 0 Å². The van der Waals surface area contributed by atoms with Gasteiger partial charge in [-0.15, -0.1) is 0 Å². The quantitative estimate of drug-likeness (QED) is 0.505. The topological polar surface area (TPSA) is 96.2 Å². The first-order valence-electron chi connectivity index (χ1n) is 8.72. The molecule has 0 aromatic heterocycles. The Morgan fingerprint density at radius 2 is 1.96 bits per heavy atom. The highest BCUT2D eigenvalue weighted by atomic mass is 35.5. The molecule has 0 amide bonds. The molecule has 1 unspecified atom stereocenters. The number of sulfonamides is 1. The molecule has 2 aromatic carbocycles. The first-order valence-corrected chi connectivity index (χ1v) is 10.6. The molecule has 8 heteroatoms. The van der Waals surface area contributed by atoms with Gasteiger partial charge in [-0.25, -0.2) is 13.6 Å². The van der Waals surface area contributed by atoms with Crippen molar-refractivity contribution < 1.29 is 8.42 Å². The van der Waals surface area contributed by atoms with Gasteiger partial charge >= 0.3 is 0 Å². The van der Waals surface area contributed by atoms with Crippen molar-refractivity contribution in [1.29, 1.82) is 0 Å². The molecule has 0 saturated carbocycles. The van der Waals surface area contributed by atoms with E-state index in [0.717, 1.165) is 30.8 Å². The Bertz CT molecular complexity index is 931. The summed E-state index contributed by atoms with van der Waals surface area (Å²) in [5.74, 6) is 0. The van der Waals surface area contributed by atoms with Crippen molar-refractivity contribution in [2.45, 2.75) is 24.0 Å². The van der Waals surface area contributed by atoms with E-state index in [1.165, 1.54) is 11.6 Å². The highest BCUT2D eigenvalue weighted by molar-refractivity contribution is 7.89. The number of fused-ring (bicyclic) bond motifs is 1. The van der Waals surface area contributed by atoms with Crippen molar-refractivity contribution >= 4 is 33.4 Å².